The first-order chi connectivity index (χ1) is 3.92. The summed E-state index contributed by atoms with van der Waals surface area (Å²) in [4.78, 5) is 18.3. The molecule has 0 aromatic rings. The van der Waals surface area contributed by atoms with Gasteiger partial charge in [-0.15, -0.1) is 0 Å². The third-order valence-corrected chi connectivity index (χ3v) is 2.81. The maximum atomic E-state index is 10.2. The van der Waals surface area contributed by atoms with Gasteiger partial charge < -0.3 is 9.79 Å². The van der Waals surface area contributed by atoms with Crippen molar-refractivity contribution in [2.45, 2.75) is 0 Å². The average molecular weight is 171 g/mol. The van der Waals surface area contributed by atoms with Gasteiger partial charge in [0.1, 0.15) is 0 Å². The maximum Gasteiger partial charge on any atom is 0.385 e. The molecule has 0 aliphatic heterocycles. The summed E-state index contributed by atoms with van der Waals surface area (Å²) in [6.45, 7) is -3.84. The summed E-state index contributed by atoms with van der Waals surface area (Å²) in [7, 11) is 3.51. The fourth-order valence-corrected chi connectivity index (χ4v) is 1.72. The fourth-order valence-electron chi connectivity index (χ4n) is 0.191. The van der Waals surface area contributed by atoms with Crippen molar-refractivity contribution in [2.75, 3.05) is 20.0 Å². The minimum absolute atomic E-state index is 0.351. The van der Waals surface area contributed by atoms with Crippen molar-refractivity contribution >= 4 is 18.2 Å². The topological polar surface area (TPSA) is 60.8 Å². The zero-order chi connectivity index (χ0) is 7.49. The maximum absolute atomic E-state index is 10.2. The van der Waals surface area contributed by atoms with Crippen LogP contribution in [-0.2, 0) is 4.57 Å². The van der Waals surface area contributed by atoms with E-state index < -0.39 is 6.80 Å². The highest BCUT2D eigenvalue weighted by Crippen LogP contribution is 2.49. The van der Waals surface area contributed by atoms with Crippen LogP contribution in [0.5, 0.6) is 0 Å². The molecule has 0 heterocycles. The van der Waals surface area contributed by atoms with E-state index in [4.69, 9.17) is 9.79 Å². The van der Waals surface area contributed by atoms with Gasteiger partial charge in [-0.3, -0.25) is 4.90 Å². The largest absolute Gasteiger partial charge is 0.385 e. The molecule has 56 valence electrons. The normalized spacial score (nSPS) is 12.6. The molecule has 0 radical (unpaired) electrons. The second kappa shape index (κ2) is 3.58. The lowest BCUT2D eigenvalue weighted by Crippen LogP contribution is -2.09. The van der Waals surface area contributed by atoms with Crippen LogP contribution in [0.3, 0.4) is 0 Å². The Kier molecular flexibility index (Phi) is 3.77. The van der Waals surface area contributed by atoms with Crippen molar-refractivity contribution in [1.29, 1.82) is 0 Å². The van der Waals surface area contributed by atoms with E-state index in [0.717, 1.165) is 0 Å². The van der Waals surface area contributed by atoms with E-state index in [1.807, 2.05) is 0 Å². The molecule has 0 aromatic carbocycles. The number of hydrogen-bond donors (Lipinski definition) is 2. The highest BCUT2D eigenvalue weighted by Gasteiger charge is 2.12. The van der Waals surface area contributed by atoms with Crippen molar-refractivity contribution in [3.8, 4) is 0 Å². The first-order valence-corrected chi connectivity index (χ1v) is 5.47. The van der Waals surface area contributed by atoms with Gasteiger partial charge in [-0.05, 0) is 25.5 Å². The highest BCUT2D eigenvalue weighted by atomic mass is 32.7. The molecule has 0 saturated carbocycles. The number of nitrogens with zero attached hydrogens (tertiary/aromatic N) is 1. The molecular weight excluding hydrogens is 161 g/mol. The van der Waals surface area contributed by atoms with Gasteiger partial charge in [0.05, 0.1) is 5.88 Å². The zero-order valence-electron chi connectivity index (χ0n) is 5.31. The summed E-state index contributed by atoms with van der Waals surface area (Å²) in [5, 5.41) is 0. The van der Waals surface area contributed by atoms with Crippen LogP contribution in [0.25, 0.3) is 0 Å². The number of rotatable bonds is 3. The molecular formula is C3H10NO3PS. The zero-order valence-corrected chi connectivity index (χ0v) is 7.02. The second-order valence-corrected chi connectivity index (χ2v) is 5.53. The standard InChI is InChI=1S/C3H10NO3PS/c1-4(2)3-9-8(5,6)7/h3H2,1-2H3,(H2,5,6,7). The van der Waals surface area contributed by atoms with Gasteiger partial charge in [-0.1, -0.05) is 0 Å². The third-order valence-electron chi connectivity index (χ3n) is 0.484. The summed E-state index contributed by atoms with van der Waals surface area (Å²) < 4.78 is 10.2. The molecule has 0 aliphatic carbocycles. The molecule has 6 heteroatoms. The van der Waals surface area contributed by atoms with Gasteiger partial charge >= 0.3 is 6.80 Å². The molecule has 9 heavy (non-hydrogen) atoms. The molecule has 0 rings (SSSR count). The first kappa shape index (κ1) is 9.46. The molecule has 2 N–H and O–H groups in total. The van der Waals surface area contributed by atoms with Crippen LogP contribution in [0, 0.1) is 0 Å². The van der Waals surface area contributed by atoms with Crippen LogP contribution >= 0.6 is 18.2 Å². The van der Waals surface area contributed by atoms with E-state index in [9.17, 15) is 4.57 Å². The SMILES string of the molecule is CN(C)CSP(=O)(O)O. The Morgan fingerprint density at radius 1 is 1.56 bits per heavy atom. The lowest BCUT2D eigenvalue weighted by atomic mass is 11.0. The van der Waals surface area contributed by atoms with Gasteiger partial charge in [0.25, 0.3) is 0 Å². The van der Waals surface area contributed by atoms with Crippen LogP contribution in [0.2, 0.25) is 0 Å². The van der Waals surface area contributed by atoms with Gasteiger partial charge in [-0.2, -0.15) is 0 Å². The smallest absolute Gasteiger partial charge is 0.317 e. The molecule has 0 unspecified atom stereocenters. The number of hydrogen-bond acceptors (Lipinski definition) is 3. The van der Waals surface area contributed by atoms with Gasteiger partial charge in [-0.25, -0.2) is 4.57 Å². The molecule has 0 spiro atoms. The van der Waals surface area contributed by atoms with Crippen molar-refractivity contribution in [1.82, 2.24) is 4.90 Å². The second-order valence-electron chi connectivity index (χ2n) is 1.83. The summed E-state index contributed by atoms with van der Waals surface area (Å²) in [5.74, 6) is 0.351. The van der Waals surface area contributed by atoms with Crippen molar-refractivity contribution in [3.63, 3.8) is 0 Å². The van der Waals surface area contributed by atoms with Crippen LogP contribution in [0.1, 0.15) is 0 Å². The average Bonchev–Trinajstić information content (AvgIpc) is 1.59. The summed E-state index contributed by atoms with van der Waals surface area (Å²) in [6.07, 6.45) is 0. The minimum Gasteiger partial charge on any atom is -0.317 e. The summed E-state index contributed by atoms with van der Waals surface area (Å²) in [6, 6.07) is 0. The first-order valence-electron chi connectivity index (χ1n) is 2.26. The Labute approximate surface area is 58.2 Å². The van der Waals surface area contributed by atoms with E-state index in [1.54, 1.807) is 19.0 Å². The molecule has 0 bridgehead atoms. The quantitative estimate of drug-likeness (QED) is 0.473. The Bertz CT molecular complexity index is 122. The van der Waals surface area contributed by atoms with Crippen molar-refractivity contribution in [2.24, 2.45) is 0 Å². The fraction of sp³-hybridized carbons (Fsp3) is 1.00. The monoisotopic (exact) mass is 171 g/mol. The Morgan fingerprint density at radius 3 is 2.11 bits per heavy atom. The Morgan fingerprint density at radius 2 is 2.00 bits per heavy atom. The molecule has 0 atom stereocenters. The van der Waals surface area contributed by atoms with Crippen LogP contribution in [0.15, 0.2) is 0 Å². The minimum atomic E-state index is -3.84. The predicted molar refractivity (Wildman–Crippen MR) is 38.2 cm³/mol. The van der Waals surface area contributed by atoms with Gasteiger partial charge in [0.15, 0.2) is 0 Å². The molecule has 0 amide bonds. The van der Waals surface area contributed by atoms with Crippen LogP contribution < -0.4 is 0 Å². The van der Waals surface area contributed by atoms with Crippen LogP contribution in [0.4, 0.5) is 0 Å². The van der Waals surface area contributed by atoms with Gasteiger partial charge in [0.2, 0.25) is 0 Å². The van der Waals surface area contributed by atoms with Crippen molar-refractivity contribution in [3.05, 3.63) is 0 Å². The summed E-state index contributed by atoms with van der Waals surface area (Å²) >= 11 is 0.634. The van der Waals surface area contributed by atoms with Gasteiger partial charge in [0, 0.05) is 0 Å². The summed E-state index contributed by atoms with van der Waals surface area (Å²) in [5.41, 5.74) is 0. The predicted octanol–water partition coefficient (Wildman–Crippen LogP) is 0.331. The van der Waals surface area contributed by atoms with Crippen molar-refractivity contribution < 1.29 is 14.4 Å². The molecule has 0 fully saturated rings. The van der Waals surface area contributed by atoms with E-state index in [0.29, 0.717) is 17.3 Å². The lowest BCUT2D eigenvalue weighted by molar-refractivity contribution is 0.395. The van der Waals surface area contributed by atoms with E-state index >= 15 is 0 Å². The van der Waals surface area contributed by atoms with E-state index in [1.165, 1.54) is 0 Å². The van der Waals surface area contributed by atoms with E-state index in [2.05, 4.69) is 0 Å². The lowest BCUT2D eigenvalue weighted by Gasteiger charge is -2.08. The molecule has 0 aromatic heterocycles. The Balaban J connectivity index is 3.40. The molecule has 0 aliphatic rings. The third kappa shape index (κ3) is 8.46. The Hall–Kier alpha value is 0.460. The molecule has 4 nitrogen and oxygen atoms in total. The highest BCUT2D eigenvalue weighted by molar-refractivity contribution is 8.54. The molecule has 0 saturated heterocycles. The van der Waals surface area contributed by atoms with E-state index in [-0.39, 0.29) is 0 Å². The van der Waals surface area contributed by atoms with Crippen LogP contribution in [-0.4, -0.2) is 34.7 Å².